The second kappa shape index (κ2) is 9.71. The summed E-state index contributed by atoms with van der Waals surface area (Å²) in [5.41, 5.74) is 16.1. The smallest absolute Gasteiger partial charge is 0.0482 e. The third kappa shape index (κ3) is 4.00. The van der Waals surface area contributed by atoms with Gasteiger partial charge in [-0.05, 0) is 98.1 Å². The highest BCUT2D eigenvalue weighted by molar-refractivity contribution is 6.31. The minimum absolute atomic E-state index is 0.0469. The Balaban J connectivity index is 1.36. The first-order valence-corrected chi connectivity index (χ1v) is 15.8. The SMILES string of the molecule is CC1(C)c2ccccc2-c2cc(N(c3cc(Cl)cc(-c4ccccc4)c3)c3ccc4c(c3)-c3ccccc3C4(C)C)ccc21. The second-order valence-electron chi connectivity index (χ2n) is 13.2. The summed E-state index contributed by atoms with van der Waals surface area (Å²) in [5, 5.41) is 0.714. The number of anilines is 3. The van der Waals surface area contributed by atoms with Crippen molar-refractivity contribution < 1.29 is 0 Å². The van der Waals surface area contributed by atoms with Gasteiger partial charge in [0.05, 0.1) is 0 Å². The molecule has 0 radical (unpaired) electrons. The maximum absolute atomic E-state index is 6.89. The standard InChI is InChI=1S/C42H34ClN/c1-41(2)37-16-10-8-14-33(37)35-25-30(18-20-39(35)41)44(32-23-28(22-29(43)24-32)27-12-6-5-7-13-27)31-19-21-40-36(26-31)34-15-9-11-17-38(34)42(40,3)4/h5-26H,1-4H3. The lowest BCUT2D eigenvalue weighted by Crippen LogP contribution is -2.16. The molecule has 0 fully saturated rings. The van der Waals surface area contributed by atoms with Crippen LogP contribution in [0.4, 0.5) is 17.1 Å². The second-order valence-corrected chi connectivity index (χ2v) is 13.6. The number of hydrogen-bond donors (Lipinski definition) is 0. The first-order chi connectivity index (χ1) is 21.2. The summed E-state index contributed by atoms with van der Waals surface area (Å²) in [6.45, 7) is 9.33. The first-order valence-electron chi connectivity index (χ1n) is 15.4. The molecule has 0 aromatic heterocycles. The molecule has 1 nitrogen and oxygen atoms in total. The predicted octanol–water partition coefficient (Wildman–Crippen LogP) is 12.1. The van der Waals surface area contributed by atoms with Gasteiger partial charge in [-0.1, -0.05) is 130 Å². The van der Waals surface area contributed by atoms with Crippen molar-refractivity contribution in [3.63, 3.8) is 0 Å². The molecule has 2 aliphatic rings. The van der Waals surface area contributed by atoms with E-state index in [1.54, 1.807) is 0 Å². The van der Waals surface area contributed by atoms with Gasteiger partial charge in [-0.25, -0.2) is 0 Å². The molecule has 0 unspecified atom stereocenters. The van der Waals surface area contributed by atoms with Gasteiger partial charge < -0.3 is 4.90 Å². The Bertz CT molecular complexity index is 1980. The van der Waals surface area contributed by atoms with E-state index in [4.69, 9.17) is 11.6 Å². The van der Waals surface area contributed by atoms with Crippen LogP contribution in [0.3, 0.4) is 0 Å². The average molecular weight is 588 g/mol. The van der Waals surface area contributed by atoms with E-state index in [0.29, 0.717) is 5.02 Å². The Kier molecular flexibility index (Phi) is 5.96. The number of benzene rings is 6. The van der Waals surface area contributed by atoms with E-state index in [0.717, 1.165) is 28.2 Å². The van der Waals surface area contributed by atoms with Gasteiger partial charge in [-0.3, -0.25) is 0 Å². The first kappa shape index (κ1) is 27.0. The molecule has 0 aliphatic heterocycles. The molecule has 0 spiro atoms. The fraction of sp³-hybridized carbons (Fsp3) is 0.143. The van der Waals surface area contributed by atoms with Gasteiger partial charge in [-0.2, -0.15) is 0 Å². The van der Waals surface area contributed by atoms with Crippen LogP contribution in [0.2, 0.25) is 5.02 Å². The molecule has 6 aromatic carbocycles. The molecule has 44 heavy (non-hydrogen) atoms. The highest BCUT2D eigenvalue weighted by Gasteiger charge is 2.37. The minimum Gasteiger partial charge on any atom is -0.310 e. The van der Waals surface area contributed by atoms with Crippen LogP contribution < -0.4 is 4.90 Å². The van der Waals surface area contributed by atoms with Crippen LogP contribution in [0, 0.1) is 0 Å². The normalized spacial score (nSPS) is 14.8. The fourth-order valence-corrected chi connectivity index (χ4v) is 7.87. The van der Waals surface area contributed by atoms with Crippen molar-refractivity contribution in [1.29, 1.82) is 0 Å². The van der Waals surface area contributed by atoms with Crippen LogP contribution in [-0.2, 0) is 10.8 Å². The molecular weight excluding hydrogens is 554 g/mol. The van der Waals surface area contributed by atoms with Crippen LogP contribution in [0.5, 0.6) is 0 Å². The lowest BCUT2D eigenvalue weighted by atomic mass is 9.82. The Morgan fingerprint density at radius 3 is 1.43 bits per heavy atom. The van der Waals surface area contributed by atoms with Gasteiger partial charge in [0.25, 0.3) is 0 Å². The van der Waals surface area contributed by atoms with Crippen LogP contribution >= 0.6 is 11.6 Å². The quantitative estimate of drug-likeness (QED) is 0.198. The zero-order valence-electron chi connectivity index (χ0n) is 25.5. The van der Waals surface area contributed by atoms with Gasteiger partial charge in [0.15, 0.2) is 0 Å². The van der Waals surface area contributed by atoms with E-state index in [1.807, 2.05) is 0 Å². The number of fused-ring (bicyclic) bond motifs is 6. The Labute approximate surface area is 265 Å². The fourth-order valence-electron chi connectivity index (χ4n) is 7.64. The van der Waals surface area contributed by atoms with Gasteiger partial charge in [0.1, 0.15) is 0 Å². The Morgan fingerprint density at radius 2 is 0.886 bits per heavy atom. The molecule has 0 saturated heterocycles. The third-order valence-electron chi connectivity index (χ3n) is 9.90. The third-order valence-corrected chi connectivity index (χ3v) is 10.1. The van der Waals surface area contributed by atoms with Crippen molar-refractivity contribution in [2.75, 3.05) is 4.90 Å². The van der Waals surface area contributed by atoms with Gasteiger partial charge in [0, 0.05) is 32.9 Å². The van der Waals surface area contributed by atoms with Gasteiger partial charge >= 0.3 is 0 Å². The van der Waals surface area contributed by atoms with E-state index < -0.39 is 0 Å². The summed E-state index contributed by atoms with van der Waals surface area (Å²) in [6, 6.07) is 48.5. The minimum atomic E-state index is -0.0469. The number of halogens is 1. The Morgan fingerprint density at radius 1 is 0.409 bits per heavy atom. The van der Waals surface area contributed by atoms with E-state index >= 15 is 0 Å². The number of nitrogens with zero attached hydrogens (tertiary/aromatic N) is 1. The van der Waals surface area contributed by atoms with E-state index in [1.165, 1.54) is 44.5 Å². The van der Waals surface area contributed by atoms with Gasteiger partial charge in [0.2, 0.25) is 0 Å². The molecular formula is C42H34ClN. The van der Waals surface area contributed by atoms with E-state index in [-0.39, 0.29) is 10.8 Å². The largest absolute Gasteiger partial charge is 0.310 e. The molecule has 6 aromatic rings. The zero-order valence-corrected chi connectivity index (χ0v) is 26.3. The highest BCUT2D eigenvalue weighted by atomic mass is 35.5. The molecule has 8 rings (SSSR count). The zero-order chi connectivity index (χ0) is 30.2. The van der Waals surface area contributed by atoms with Crippen molar-refractivity contribution in [3.05, 3.63) is 161 Å². The molecule has 0 saturated carbocycles. The lowest BCUT2D eigenvalue weighted by Gasteiger charge is -2.29. The van der Waals surface area contributed by atoms with Crippen LogP contribution in [0.1, 0.15) is 49.9 Å². The van der Waals surface area contributed by atoms with Crippen molar-refractivity contribution in [2.45, 2.75) is 38.5 Å². The molecule has 0 amide bonds. The van der Waals surface area contributed by atoms with E-state index in [2.05, 4.69) is 166 Å². The van der Waals surface area contributed by atoms with Crippen molar-refractivity contribution in [2.24, 2.45) is 0 Å². The predicted molar refractivity (Wildman–Crippen MR) is 187 cm³/mol. The highest BCUT2D eigenvalue weighted by Crippen LogP contribution is 2.53. The summed E-state index contributed by atoms with van der Waals surface area (Å²) in [7, 11) is 0. The summed E-state index contributed by atoms with van der Waals surface area (Å²) in [6.07, 6.45) is 0. The van der Waals surface area contributed by atoms with E-state index in [9.17, 15) is 0 Å². The van der Waals surface area contributed by atoms with Crippen molar-refractivity contribution >= 4 is 28.7 Å². The molecule has 0 N–H and O–H groups in total. The number of rotatable bonds is 4. The average Bonchev–Trinajstić information content (AvgIpc) is 3.41. The molecule has 0 atom stereocenters. The van der Waals surface area contributed by atoms with Crippen LogP contribution in [0.15, 0.2) is 133 Å². The molecule has 0 bridgehead atoms. The summed E-state index contributed by atoms with van der Waals surface area (Å²) < 4.78 is 0. The summed E-state index contributed by atoms with van der Waals surface area (Å²) in [4.78, 5) is 2.38. The maximum Gasteiger partial charge on any atom is 0.0482 e. The Hall–Kier alpha value is -4.59. The number of hydrogen-bond acceptors (Lipinski definition) is 1. The molecule has 2 aliphatic carbocycles. The van der Waals surface area contributed by atoms with Gasteiger partial charge in [-0.15, -0.1) is 0 Å². The summed E-state index contributed by atoms with van der Waals surface area (Å²) in [5.74, 6) is 0. The topological polar surface area (TPSA) is 3.24 Å². The maximum atomic E-state index is 6.89. The lowest BCUT2D eigenvalue weighted by molar-refractivity contribution is 0.660. The van der Waals surface area contributed by atoms with Crippen LogP contribution in [-0.4, -0.2) is 0 Å². The van der Waals surface area contributed by atoms with Crippen molar-refractivity contribution in [3.8, 4) is 33.4 Å². The summed E-state index contributed by atoms with van der Waals surface area (Å²) >= 11 is 6.89. The van der Waals surface area contributed by atoms with Crippen molar-refractivity contribution in [1.82, 2.24) is 0 Å². The molecule has 2 heteroatoms. The monoisotopic (exact) mass is 587 g/mol. The van der Waals surface area contributed by atoms with Crippen LogP contribution in [0.25, 0.3) is 33.4 Å². The molecule has 214 valence electrons. The molecule has 0 heterocycles.